The summed E-state index contributed by atoms with van der Waals surface area (Å²) in [4.78, 5) is 4.25. The minimum atomic E-state index is 0.436. The molecule has 2 N–H and O–H groups in total. The van der Waals surface area contributed by atoms with E-state index in [4.69, 9.17) is 4.52 Å². The van der Waals surface area contributed by atoms with Crippen molar-refractivity contribution < 1.29 is 4.52 Å². The number of benzene rings is 1. The number of nitrogens with one attached hydrogen (secondary N) is 2. The lowest BCUT2D eigenvalue weighted by Crippen LogP contribution is -1.96. The molecule has 0 fully saturated rings. The Balaban J connectivity index is 1.68. The van der Waals surface area contributed by atoms with Crippen molar-refractivity contribution in [2.24, 2.45) is 0 Å². The molecule has 3 heterocycles. The van der Waals surface area contributed by atoms with Crippen molar-refractivity contribution in [2.75, 3.05) is 5.32 Å². The molecule has 0 saturated carbocycles. The number of aromatic nitrogens is 4. The molecule has 0 aliphatic heterocycles. The summed E-state index contributed by atoms with van der Waals surface area (Å²) in [5, 5.41) is 16.9. The quantitative estimate of drug-likeness (QED) is 0.554. The van der Waals surface area contributed by atoms with E-state index in [-0.39, 0.29) is 0 Å². The molecule has 0 saturated heterocycles. The van der Waals surface area contributed by atoms with Crippen LogP contribution in [0.15, 0.2) is 41.1 Å². The zero-order valence-corrected chi connectivity index (χ0v) is 13.7. The summed E-state index contributed by atoms with van der Waals surface area (Å²) in [5.41, 5.74) is 3.51. The van der Waals surface area contributed by atoms with Crippen molar-refractivity contribution in [1.29, 1.82) is 0 Å². The first kappa shape index (κ1) is 14.7. The number of aromatic amines is 1. The first-order chi connectivity index (χ1) is 11.8. The highest BCUT2D eigenvalue weighted by Crippen LogP contribution is 2.32. The van der Waals surface area contributed by atoms with Gasteiger partial charge in [0, 0.05) is 29.3 Å². The van der Waals surface area contributed by atoms with Crippen LogP contribution in [-0.4, -0.2) is 20.3 Å². The lowest BCUT2D eigenvalue weighted by Gasteiger charge is -2.08. The number of hydrogen-bond donors (Lipinski definition) is 2. The third kappa shape index (κ3) is 2.40. The number of nitrogens with zero attached hydrogens (tertiary/aromatic N) is 3. The van der Waals surface area contributed by atoms with Crippen LogP contribution in [0.2, 0.25) is 0 Å². The fourth-order valence-electron chi connectivity index (χ4n) is 3.09. The maximum Gasteiger partial charge on any atom is 0.169 e. The van der Waals surface area contributed by atoms with E-state index >= 15 is 0 Å². The Kier molecular flexibility index (Phi) is 3.65. The molecule has 122 valence electrons. The van der Waals surface area contributed by atoms with Crippen LogP contribution in [0.5, 0.6) is 0 Å². The molecule has 6 heteroatoms. The highest BCUT2D eigenvalue weighted by molar-refractivity contribution is 5.90. The molecule has 0 atom stereocenters. The molecule has 3 aromatic heterocycles. The van der Waals surface area contributed by atoms with Crippen LogP contribution in [0.4, 0.5) is 11.5 Å². The third-order valence-corrected chi connectivity index (χ3v) is 4.47. The molecular formula is C18H19N5O. The van der Waals surface area contributed by atoms with Crippen molar-refractivity contribution in [1.82, 2.24) is 20.3 Å². The number of H-pyrrole nitrogens is 1. The van der Waals surface area contributed by atoms with Crippen LogP contribution >= 0.6 is 0 Å². The molecule has 6 nitrogen and oxygen atoms in total. The summed E-state index contributed by atoms with van der Waals surface area (Å²) in [6, 6.07) is 9.93. The molecule has 0 spiro atoms. The van der Waals surface area contributed by atoms with Crippen LogP contribution in [0.3, 0.4) is 0 Å². The second-order valence-corrected chi connectivity index (χ2v) is 5.89. The van der Waals surface area contributed by atoms with Crippen LogP contribution in [0.25, 0.3) is 22.0 Å². The predicted octanol–water partition coefficient (Wildman–Crippen LogP) is 4.75. The Morgan fingerprint density at radius 3 is 2.88 bits per heavy atom. The van der Waals surface area contributed by atoms with Gasteiger partial charge in [0.25, 0.3) is 0 Å². The molecule has 24 heavy (non-hydrogen) atoms. The van der Waals surface area contributed by atoms with Crippen molar-refractivity contribution in [3.05, 3.63) is 42.2 Å². The van der Waals surface area contributed by atoms with Gasteiger partial charge >= 0.3 is 0 Å². The highest BCUT2D eigenvalue weighted by atomic mass is 16.5. The fraction of sp³-hybridized carbons (Fsp3) is 0.278. The summed E-state index contributed by atoms with van der Waals surface area (Å²) in [7, 11) is 0. The van der Waals surface area contributed by atoms with Gasteiger partial charge in [-0.05, 0) is 37.1 Å². The zero-order valence-electron chi connectivity index (χ0n) is 13.7. The van der Waals surface area contributed by atoms with Crippen molar-refractivity contribution in [2.45, 2.75) is 32.6 Å². The number of rotatable bonds is 5. The molecule has 1 aromatic carbocycles. The van der Waals surface area contributed by atoms with Crippen LogP contribution < -0.4 is 5.32 Å². The van der Waals surface area contributed by atoms with Gasteiger partial charge in [-0.25, -0.2) is 4.98 Å². The Bertz CT molecular complexity index is 983. The lowest BCUT2D eigenvalue weighted by atomic mass is 9.97. The number of fused-ring (bicyclic) bond motifs is 2. The minimum Gasteiger partial charge on any atom is -0.356 e. The summed E-state index contributed by atoms with van der Waals surface area (Å²) < 4.78 is 5.55. The van der Waals surface area contributed by atoms with E-state index in [0.717, 1.165) is 52.0 Å². The molecule has 0 unspecified atom stereocenters. The first-order valence-electron chi connectivity index (χ1n) is 8.25. The second-order valence-electron chi connectivity index (χ2n) is 5.89. The summed E-state index contributed by atoms with van der Waals surface area (Å²) in [6.07, 6.45) is 3.86. The van der Waals surface area contributed by atoms with E-state index < -0.39 is 0 Å². The van der Waals surface area contributed by atoms with Gasteiger partial charge in [-0.3, -0.25) is 5.10 Å². The Morgan fingerprint density at radius 2 is 2.04 bits per heavy atom. The second kappa shape index (κ2) is 5.96. The molecule has 0 amide bonds. The standard InChI is InChI=1S/C18H19N5O/c1-3-11(4-2)16-13-8-7-12(10-15(13)24-23-16)20-18-14-6-5-9-19-17(14)21-22-18/h5-11H,3-4H2,1-2H3,(H2,19,20,21,22). The van der Waals surface area contributed by atoms with Gasteiger partial charge in [0.2, 0.25) is 0 Å². The first-order valence-corrected chi connectivity index (χ1v) is 8.25. The predicted molar refractivity (Wildman–Crippen MR) is 94.5 cm³/mol. The largest absolute Gasteiger partial charge is 0.356 e. The normalized spacial score (nSPS) is 11.6. The van der Waals surface area contributed by atoms with E-state index in [1.165, 1.54) is 0 Å². The zero-order chi connectivity index (χ0) is 16.5. The van der Waals surface area contributed by atoms with Gasteiger partial charge in [0.15, 0.2) is 17.0 Å². The Labute approximate surface area is 139 Å². The smallest absolute Gasteiger partial charge is 0.169 e. The van der Waals surface area contributed by atoms with Crippen LogP contribution in [0, 0.1) is 0 Å². The van der Waals surface area contributed by atoms with Gasteiger partial charge in [-0.2, -0.15) is 5.10 Å². The molecular weight excluding hydrogens is 302 g/mol. The molecule has 0 radical (unpaired) electrons. The molecule has 4 aromatic rings. The fourth-order valence-corrected chi connectivity index (χ4v) is 3.09. The summed E-state index contributed by atoms with van der Waals surface area (Å²) >= 11 is 0. The van der Waals surface area contributed by atoms with Crippen LogP contribution in [0.1, 0.15) is 38.3 Å². The van der Waals surface area contributed by atoms with E-state index in [9.17, 15) is 0 Å². The van der Waals surface area contributed by atoms with Gasteiger partial charge in [0.05, 0.1) is 11.1 Å². The highest BCUT2D eigenvalue weighted by Gasteiger charge is 2.16. The Hall–Kier alpha value is -2.89. The van der Waals surface area contributed by atoms with E-state index in [1.54, 1.807) is 6.20 Å². The summed E-state index contributed by atoms with van der Waals surface area (Å²) in [5.74, 6) is 1.18. The molecule has 0 aliphatic carbocycles. The van der Waals surface area contributed by atoms with E-state index in [0.29, 0.717) is 5.92 Å². The number of pyridine rings is 1. The van der Waals surface area contributed by atoms with Gasteiger partial charge in [-0.15, -0.1) is 0 Å². The number of hydrogen-bond acceptors (Lipinski definition) is 5. The average molecular weight is 321 g/mol. The maximum atomic E-state index is 5.55. The lowest BCUT2D eigenvalue weighted by molar-refractivity contribution is 0.432. The van der Waals surface area contributed by atoms with E-state index in [1.807, 2.05) is 24.3 Å². The Morgan fingerprint density at radius 1 is 1.17 bits per heavy atom. The minimum absolute atomic E-state index is 0.436. The summed E-state index contributed by atoms with van der Waals surface area (Å²) in [6.45, 7) is 4.36. The topological polar surface area (TPSA) is 79.6 Å². The average Bonchev–Trinajstić information content (AvgIpc) is 3.21. The SMILES string of the molecule is CCC(CC)c1noc2cc(Nc3n[nH]c4ncccc34)ccc12. The third-order valence-electron chi connectivity index (χ3n) is 4.47. The van der Waals surface area contributed by atoms with Crippen molar-refractivity contribution in [3.63, 3.8) is 0 Å². The monoisotopic (exact) mass is 321 g/mol. The van der Waals surface area contributed by atoms with Gasteiger partial charge in [-0.1, -0.05) is 19.0 Å². The molecule has 0 aliphatic rings. The molecule has 0 bridgehead atoms. The van der Waals surface area contributed by atoms with Crippen molar-refractivity contribution >= 4 is 33.5 Å². The van der Waals surface area contributed by atoms with E-state index in [2.05, 4.69) is 45.6 Å². The number of anilines is 2. The van der Waals surface area contributed by atoms with Gasteiger partial charge < -0.3 is 9.84 Å². The van der Waals surface area contributed by atoms with Crippen molar-refractivity contribution in [3.8, 4) is 0 Å². The van der Waals surface area contributed by atoms with Gasteiger partial charge in [0.1, 0.15) is 0 Å². The molecule has 4 rings (SSSR count). The maximum absolute atomic E-state index is 5.55. The van der Waals surface area contributed by atoms with Crippen LogP contribution in [-0.2, 0) is 0 Å².